The normalized spacial score (nSPS) is 35.4. The Labute approximate surface area is 214 Å². The van der Waals surface area contributed by atoms with Crippen LogP contribution in [0.5, 0.6) is 0 Å². The van der Waals surface area contributed by atoms with Gasteiger partial charge in [0.05, 0.1) is 0 Å². The molecule has 4 aliphatic carbocycles. The Hall–Kier alpha value is -0.360. The number of unbranched alkanes of at least 4 members (excludes halogenated alkanes) is 2. The number of carbonyl (C=O) groups is 4. The average Bonchev–Trinajstić information content (AvgIpc) is 3.36. The smallest absolute Gasteiger partial charge is 0.313 e. The van der Waals surface area contributed by atoms with Crippen LogP contribution in [-0.2, 0) is 23.9 Å². The Morgan fingerprint density at radius 2 is 1.09 bits per heavy atom. The molecule has 0 radical (unpaired) electrons. The van der Waals surface area contributed by atoms with E-state index in [1.54, 1.807) is 0 Å². The number of hydrogen-bond acceptors (Lipinski definition) is 5. The van der Waals surface area contributed by atoms with Crippen molar-refractivity contribution in [1.29, 1.82) is 0 Å². The first kappa shape index (κ1) is 25.7. The second-order valence-electron chi connectivity index (χ2n) is 10.3. The molecular formula is C24H30Cl4O5. The van der Waals surface area contributed by atoms with Crippen LogP contribution in [0.1, 0.15) is 77.0 Å². The number of ketones is 2. The van der Waals surface area contributed by atoms with Gasteiger partial charge in [0.25, 0.3) is 0 Å². The van der Waals surface area contributed by atoms with Crippen LogP contribution in [0, 0.1) is 35.5 Å². The molecule has 4 fully saturated rings. The van der Waals surface area contributed by atoms with Gasteiger partial charge in [-0.25, -0.2) is 0 Å². The van der Waals surface area contributed by atoms with Crippen LogP contribution in [0.4, 0.5) is 0 Å². The third-order valence-electron chi connectivity index (χ3n) is 8.39. The van der Waals surface area contributed by atoms with Crippen LogP contribution in [0.15, 0.2) is 0 Å². The molecule has 9 heteroatoms. The van der Waals surface area contributed by atoms with Crippen LogP contribution in [0.2, 0.25) is 0 Å². The van der Waals surface area contributed by atoms with E-state index in [2.05, 4.69) is 0 Å². The van der Waals surface area contributed by atoms with Crippen LogP contribution < -0.4 is 0 Å². The zero-order chi connectivity index (χ0) is 24.0. The molecule has 0 bridgehead atoms. The Kier molecular flexibility index (Phi) is 7.76. The van der Waals surface area contributed by atoms with E-state index >= 15 is 0 Å². The zero-order valence-electron chi connectivity index (χ0n) is 18.5. The average molecular weight is 540 g/mol. The van der Waals surface area contributed by atoms with Crippen molar-refractivity contribution in [2.45, 2.75) is 85.7 Å². The van der Waals surface area contributed by atoms with Gasteiger partial charge in [-0.15, -0.1) is 0 Å². The molecular weight excluding hydrogens is 510 g/mol. The molecule has 0 amide bonds. The van der Waals surface area contributed by atoms with E-state index in [1.165, 1.54) is 0 Å². The summed E-state index contributed by atoms with van der Waals surface area (Å²) in [6, 6.07) is 0. The molecule has 0 aliphatic heterocycles. The van der Waals surface area contributed by atoms with Gasteiger partial charge in [0, 0.05) is 36.5 Å². The van der Waals surface area contributed by atoms with Gasteiger partial charge in [0.2, 0.25) is 0 Å². The Morgan fingerprint density at radius 3 is 1.48 bits per heavy atom. The highest BCUT2D eigenvalue weighted by Gasteiger charge is 2.65. The minimum atomic E-state index is -1.23. The molecule has 0 saturated heterocycles. The maximum absolute atomic E-state index is 12.0. The molecule has 0 aromatic heterocycles. The molecule has 4 rings (SSSR count). The molecule has 4 saturated carbocycles. The lowest BCUT2D eigenvalue weighted by molar-refractivity contribution is -0.159. The van der Waals surface area contributed by atoms with Gasteiger partial charge in [-0.1, -0.05) is 72.1 Å². The van der Waals surface area contributed by atoms with Crippen molar-refractivity contribution in [3.8, 4) is 0 Å². The summed E-state index contributed by atoms with van der Waals surface area (Å²) in [5, 5.41) is 0. The van der Waals surface area contributed by atoms with Gasteiger partial charge in [0.15, 0.2) is 20.2 Å². The van der Waals surface area contributed by atoms with Crippen molar-refractivity contribution >= 4 is 69.9 Å². The van der Waals surface area contributed by atoms with E-state index in [-0.39, 0.29) is 48.1 Å². The molecule has 0 heterocycles. The number of rotatable bonds is 10. The summed E-state index contributed by atoms with van der Waals surface area (Å²) < 4.78 is 2.47. The van der Waals surface area contributed by atoms with E-state index in [1.807, 2.05) is 0 Å². The Balaban J connectivity index is 1.05. The minimum absolute atomic E-state index is 0.00584. The van der Waals surface area contributed by atoms with E-state index in [0.29, 0.717) is 24.7 Å². The lowest BCUT2D eigenvalue weighted by atomic mass is 9.69. The third kappa shape index (κ3) is 4.86. The molecule has 6 atom stereocenters. The topological polar surface area (TPSA) is 77.5 Å². The molecule has 0 aromatic carbocycles. The van der Waals surface area contributed by atoms with Gasteiger partial charge in [0.1, 0.15) is 0 Å². The van der Waals surface area contributed by atoms with Crippen molar-refractivity contribution in [1.82, 2.24) is 0 Å². The molecule has 33 heavy (non-hydrogen) atoms. The predicted octanol–water partition coefficient (Wildman–Crippen LogP) is 5.98. The van der Waals surface area contributed by atoms with Gasteiger partial charge in [-0.2, -0.15) is 0 Å². The largest absolute Gasteiger partial charge is 0.393 e. The second-order valence-corrected chi connectivity index (χ2v) is 13.0. The summed E-state index contributed by atoms with van der Waals surface area (Å²) in [6.45, 7) is 0. The van der Waals surface area contributed by atoms with Crippen molar-refractivity contribution < 1.29 is 23.9 Å². The minimum Gasteiger partial charge on any atom is -0.393 e. The first-order valence-corrected chi connectivity index (χ1v) is 13.6. The van der Waals surface area contributed by atoms with Gasteiger partial charge in [-0.3, -0.25) is 19.2 Å². The number of Topliss-reactive ketones (excluding diaryl/α,β-unsaturated/α-hetero) is 2. The standard InChI is InChI=1S/C24H30Cl4O5/c25-23(26)19-13(9-11-15(19)21(23)31)5-1-3-7-17(29)33-18(30)8-4-2-6-14-10-12-16-20(14)24(27,28)22(16)32/h13-16,19-20H,1-12H2. The van der Waals surface area contributed by atoms with Crippen molar-refractivity contribution in [3.63, 3.8) is 0 Å². The number of fused-ring (bicyclic) bond motifs is 2. The number of esters is 2. The van der Waals surface area contributed by atoms with Gasteiger partial charge < -0.3 is 4.74 Å². The molecule has 0 spiro atoms. The molecule has 0 N–H and O–H groups in total. The summed E-state index contributed by atoms with van der Waals surface area (Å²) in [6.07, 6.45) is 8.62. The summed E-state index contributed by atoms with van der Waals surface area (Å²) in [7, 11) is 0. The van der Waals surface area contributed by atoms with Crippen LogP contribution >= 0.6 is 46.4 Å². The highest BCUT2D eigenvalue weighted by Crippen LogP contribution is 2.61. The fourth-order valence-electron chi connectivity index (χ4n) is 6.71. The fraction of sp³-hybridized carbons (Fsp3) is 0.833. The molecule has 5 nitrogen and oxygen atoms in total. The van der Waals surface area contributed by atoms with E-state index in [4.69, 9.17) is 51.1 Å². The van der Waals surface area contributed by atoms with Crippen LogP contribution in [-0.4, -0.2) is 32.2 Å². The number of halogens is 4. The quantitative estimate of drug-likeness (QED) is 0.148. The van der Waals surface area contributed by atoms with E-state index in [9.17, 15) is 19.2 Å². The monoisotopic (exact) mass is 538 g/mol. The highest BCUT2D eigenvalue weighted by atomic mass is 35.5. The molecule has 6 unspecified atom stereocenters. The fourth-order valence-corrected chi connectivity index (χ4v) is 8.59. The molecule has 184 valence electrons. The first-order chi connectivity index (χ1) is 15.5. The van der Waals surface area contributed by atoms with E-state index in [0.717, 1.165) is 51.4 Å². The summed E-state index contributed by atoms with van der Waals surface area (Å²) in [4.78, 5) is 47.7. The summed E-state index contributed by atoms with van der Waals surface area (Å²) in [5.41, 5.74) is 0. The van der Waals surface area contributed by atoms with Crippen molar-refractivity contribution in [3.05, 3.63) is 0 Å². The van der Waals surface area contributed by atoms with Crippen LogP contribution in [0.25, 0.3) is 0 Å². The zero-order valence-corrected chi connectivity index (χ0v) is 21.5. The summed E-state index contributed by atoms with van der Waals surface area (Å²) in [5.74, 6) is -0.362. The SMILES string of the molecule is O=C(CCCCC1CCC2C(=O)C(Cl)(Cl)C12)OC(=O)CCCCC1CCC2C(=O)C(Cl)(Cl)C12. The number of ether oxygens (including phenoxy) is 1. The predicted molar refractivity (Wildman–Crippen MR) is 126 cm³/mol. The summed E-state index contributed by atoms with van der Waals surface area (Å²) >= 11 is 24.7. The maximum Gasteiger partial charge on any atom is 0.313 e. The van der Waals surface area contributed by atoms with Gasteiger partial charge in [-0.05, 0) is 50.4 Å². The lowest BCUT2D eigenvalue weighted by Gasteiger charge is -2.44. The molecule has 0 aromatic rings. The Morgan fingerprint density at radius 1 is 0.697 bits per heavy atom. The van der Waals surface area contributed by atoms with Gasteiger partial charge >= 0.3 is 11.9 Å². The third-order valence-corrected chi connectivity index (χ3v) is 10.1. The number of carbonyl (C=O) groups excluding carboxylic acids is 4. The first-order valence-electron chi connectivity index (χ1n) is 12.1. The lowest BCUT2D eigenvalue weighted by Crippen LogP contribution is -2.55. The second kappa shape index (κ2) is 9.95. The van der Waals surface area contributed by atoms with Crippen molar-refractivity contribution in [2.75, 3.05) is 0 Å². The number of alkyl halides is 4. The Bertz CT molecular complexity index is 760. The highest BCUT2D eigenvalue weighted by molar-refractivity contribution is 6.61. The van der Waals surface area contributed by atoms with Crippen molar-refractivity contribution in [2.24, 2.45) is 35.5 Å². The number of hydrogen-bond donors (Lipinski definition) is 0. The van der Waals surface area contributed by atoms with E-state index < -0.39 is 20.6 Å². The molecule has 4 aliphatic rings. The maximum atomic E-state index is 12.0. The van der Waals surface area contributed by atoms with Crippen LogP contribution in [0.3, 0.4) is 0 Å².